The van der Waals surface area contributed by atoms with Gasteiger partial charge >= 0.3 is 12.3 Å². The molecule has 0 bridgehead atoms. The molecule has 1 amide bonds. The Hall–Kier alpha value is -0.980. The van der Waals surface area contributed by atoms with Crippen molar-refractivity contribution in [3.63, 3.8) is 0 Å². The molecule has 1 heterocycles. The summed E-state index contributed by atoms with van der Waals surface area (Å²) >= 11 is 0. The number of guanidine groups is 1. The van der Waals surface area contributed by atoms with Crippen molar-refractivity contribution in [2.75, 3.05) is 52.9 Å². The number of rotatable bonds is 8. The Morgan fingerprint density at radius 2 is 1.93 bits per heavy atom. The van der Waals surface area contributed by atoms with Crippen LogP contribution in [0.25, 0.3) is 0 Å². The highest BCUT2D eigenvalue weighted by Gasteiger charge is 2.28. The van der Waals surface area contributed by atoms with Gasteiger partial charge in [0.15, 0.2) is 5.96 Å². The van der Waals surface area contributed by atoms with Crippen molar-refractivity contribution >= 4 is 36.0 Å². The van der Waals surface area contributed by atoms with Crippen molar-refractivity contribution in [3.05, 3.63) is 0 Å². The number of amides is 1. The lowest BCUT2D eigenvalue weighted by Crippen LogP contribution is -2.50. The van der Waals surface area contributed by atoms with E-state index in [1.54, 1.807) is 11.8 Å². The van der Waals surface area contributed by atoms with Crippen molar-refractivity contribution in [2.24, 2.45) is 4.99 Å². The number of hydrogen-bond acceptors (Lipinski definition) is 4. The summed E-state index contributed by atoms with van der Waals surface area (Å²) in [6.45, 7) is 5.92. The van der Waals surface area contributed by atoms with Crippen LogP contribution < -0.4 is 10.6 Å². The maximum absolute atomic E-state index is 12.3. The van der Waals surface area contributed by atoms with Gasteiger partial charge in [0.05, 0.1) is 13.2 Å². The first-order valence-corrected chi connectivity index (χ1v) is 9.47. The molecule has 0 aliphatic carbocycles. The van der Waals surface area contributed by atoms with E-state index < -0.39 is 12.7 Å². The van der Waals surface area contributed by atoms with Gasteiger partial charge in [0.25, 0.3) is 0 Å². The molecule has 1 aliphatic heterocycles. The highest BCUT2D eigenvalue weighted by molar-refractivity contribution is 14.0. The maximum atomic E-state index is 12.3. The monoisotopic (exact) mass is 523 g/mol. The molecule has 0 radical (unpaired) electrons. The largest absolute Gasteiger partial charge is 0.450 e. The van der Waals surface area contributed by atoms with Gasteiger partial charge in [0.1, 0.15) is 0 Å². The minimum Gasteiger partial charge on any atom is -0.450 e. The Balaban J connectivity index is 0.00000729. The van der Waals surface area contributed by atoms with Crippen molar-refractivity contribution in [1.29, 1.82) is 0 Å². The second-order valence-electron chi connectivity index (χ2n) is 6.57. The molecular weight excluding hydrogens is 490 g/mol. The van der Waals surface area contributed by atoms with Crippen LogP contribution in [0.5, 0.6) is 0 Å². The molecular formula is C17H33F3IN5O2. The maximum Gasteiger partial charge on any atom is 0.409 e. The molecule has 0 aromatic rings. The van der Waals surface area contributed by atoms with E-state index >= 15 is 0 Å². The minimum atomic E-state index is -4.17. The molecule has 1 rings (SSSR count). The standard InChI is InChI=1S/C17H32F3N5O2.HI/c1-4-21-15(22-9-6-10-24(3)13-17(18,19)20)23-14-7-11-25(12-8-14)16(26)27-5-2;/h14H,4-13H2,1-3H3,(H2,21,22,23);1H. The van der Waals surface area contributed by atoms with Crippen molar-refractivity contribution in [2.45, 2.75) is 45.3 Å². The number of halogens is 4. The van der Waals surface area contributed by atoms with E-state index in [1.807, 2.05) is 6.92 Å². The lowest BCUT2D eigenvalue weighted by Gasteiger charge is -2.32. The molecule has 28 heavy (non-hydrogen) atoms. The Morgan fingerprint density at radius 1 is 1.29 bits per heavy atom. The van der Waals surface area contributed by atoms with Gasteiger partial charge in [0.2, 0.25) is 0 Å². The molecule has 0 aromatic carbocycles. The number of aliphatic imine (C=N–C) groups is 1. The fourth-order valence-electron chi connectivity index (χ4n) is 2.85. The highest BCUT2D eigenvalue weighted by atomic mass is 127. The van der Waals surface area contributed by atoms with Gasteiger partial charge in [-0.2, -0.15) is 13.2 Å². The quantitative estimate of drug-likeness (QED) is 0.222. The summed E-state index contributed by atoms with van der Waals surface area (Å²) < 4.78 is 41.9. The van der Waals surface area contributed by atoms with Crippen molar-refractivity contribution < 1.29 is 22.7 Å². The van der Waals surface area contributed by atoms with Crippen molar-refractivity contribution in [3.8, 4) is 0 Å². The number of carbonyl (C=O) groups excluding carboxylic acids is 1. The van der Waals surface area contributed by atoms with E-state index in [-0.39, 0.29) is 36.1 Å². The van der Waals surface area contributed by atoms with Crippen LogP contribution in [0.4, 0.5) is 18.0 Å². The highest BCUT2D eigenvalue weighted by Crippen LogP contribution is 2.15. The smallest absolute Gasteiger partial charge is 0.409 e. The third-order valence-electron chi connectivity index (χ3n) is 4.12. The number of alkyl halides is 3. The normalized spacial score (nSPS) is 16.0. The van der Waals surface area contributed by atoms with Gasteiger partial charge in [-0.25, -0.2) is 4.79 Å². The van der Waals surface area contributed by atoms with Crippen LogP contribution in [0, 0.1) is 0 Å². The predicted molar refractivity (Wildman–Crippen MR) is 114 cm³/mol. The van der Waals surface area contributed by atoms with Crippen LogP contribution in [0.2, 0.25) is 0 Å². The van der Waals surface area contributed by atoms with E-state index in [0.29, 0.717) is 51.7 Å². The second kappa shape index (κ2) is 14.1. The van der Waals surface area contributed by atoms with Crippen LogP contribution in [-0.2, 0) is 4.74 Å². The van der Waals surface area contributed by atoms with Crippen molar-refractivity contribution in [1.82, 2.24) is 20.4 Å². The number of piperidine rings is 1. The first kappa shape index (κ1) is 27.0. The molecule has 0 atom stereocenters. The van der Waals surface area contributed by atoms with Gasteiger partial charge in [-0.1, -0.05) is 0 Å². The molecule has 0 saturated carbocycles. The summed E-state index contributed by atoms with van der Waals surface area (Å²) in [5.74, 6) is 0.658. The summed E-state index contributed by atoms with van der Waals surface area (Å²) in [6, 6.07) is 0.196. The summed E-state index contributed by atoms with van der Waals surface area (Å²) in [5.41, 5.74) is 0. The first-order chi connectivity index (χ1) is 12.7. The number of ether oxygens (including phenoxy) is 1. The number of likely N-dealkylation sites (tertiary alicyclic amines) is 1. The molecule has 0 aromatic heterocycles. The SMILES string of the molecule is CCNC(=NCCCN(C)CC(F)(F)F)NC1CCN(C(=O)OCC)CC1.I. The van der Waals surface area contributed by atoms with Gasteiger partial charge in [-0.15, -0.1) is 24.0 Å². The summed E-state index contributed by atoms with van der Waals surface area (Å²) in [7, 11) is 1.46. The van der Waals surface area contributed by atoms with E-state index in [1.165, 1.54) is 11.9 Å². The van der Waals surface area contributed by atoms with E-state index in [4.69, 9.17) is 4.74 Å². The van der Waals surface area contributed by atoms with Crippen LogP contribution in [0.15, 0.2) is 4.99 Å². The third kappa shape index (κ3) is 11.8. The lowest BCUT2D eigenvalue weighted by molar-refractivity contribution is -0.143. The zero-order valence-corrected chi connectivity index (χ0v) is 19.2. The summed E-state index contributed by atoms with van der Waals surface area (Å²) in [6.07, 6.45) is -2.33. The zero-order valence-electron chi connectivity index (χ0n) is 16.8. The summed E-state index contributed by atoms with van der Waals surface area (Å²) in [5, 5.41) is 6.49. The van der Waals surface area contributed by atoms with E-state index in [2.05, 4.69) is 15.6 Å². The average Bonchev–Trinajstić information content (AvgIpc) is 2.58. The fourth-order valence-corrected chi connectivity index (χ4v) is 2.85. The van der Waals surface area contributed by atoms with Crippen LogP contribution in [-0.4, -0.2) is 87.0 Å². The number of nitrogens with one attached hydrogen (secondary N) is 2. The van der Waals surface area contributed by atoms with Crippen LogP contribution >= 0.6 is 24.0 Å². The Bertz CT molecular complexity index is 472. The number of hydrogen-bond donors (Lipinski definition) is 2. The average molecular weight is 523 g/mol. The molecule has 1 saturated heterocycles. The number of carbonyl (C=O) groups is 1. The van der Waals surface area contributed by atoms with Gasteiger partial charge in [-0.3, -0.25) is 9.89 Å². The minimum absolute atomic E-state index is 0. The molecule has 0 spiro atoms. The topological polar surface area (TPSA) is 69.2 Å². The second-order valence-corrected chi connectivity index (χ2v) is 6.57. The predicted octanol–water partition coefficient (Wildman–Crippen LogP) is 2.66. The Morgan fingerprint density at radius 3 is 2.46 bits per heavy atom. The summed E-state index contributed by atoms with van der Waals surface area (Å²) in [4.78, 5) is 19.1. The molecule has 2 N–H and O–H groups in total. The number of nitrogens with zero attached hydrogens (tertiary/aromatic N) is 3. The zero-order chi connectivity index (χ0) is 20.3. The molecule has 7 nitrogen and oxygen atoms in total. The Kier molecular flexibility index (Phi) is 13.6. The van der Waals surface area contributed by atoms with Gasteiger partial charge in [-0.05, 0) is 46.7 Å². The molecule has 11 heteroatoms. The molecule has 1 aliphatic rings. The first-order valence-electron chi connectivity index (χ1n) is 9.47. The molecule has 0 unspecified atom stereocenters. The lowest BCUT2D eigenvalue weighted by atomic mass is 10.1. The van der Waals surface area contributed by atoms with Gasteiger partial charge in [0, 0.05) is 32.2 Å². The molecule has 1 fully saturated rings. The molecule has 166 valence electrons. The van der Waals surface area contributed by atoms with E-state index in [0.717, 1.165) is 12.8 Å². The Labute approximate surface area is 182 Å². The fraction of sp³-hybridized carbons (Fsp3) is 0.882. The van der Waals surface area contributed by atoms with Crippen LogP contribution in [0.3, 0.4) is 0 Å². The van der Waals surface area contributed by atoms with Gasteiger partial charge < -0.3 is 20.3 Å². The van der Waals surface area contributed by atoms with Crippen LogP contribution in [0.1, 0.15) is 33.1 Å². The third-order valence-corrected chi connectivity index (χ3v) is 4.12. The van der Waals surface area contributed by atoms with E-state index in [9.17, 15) is 18.0 Å².